The van der Waals surface area contributed by atoms with Gasteiger partial charge in [-0.15, -0.1) is 0 Å². The van der Waals surface area contributed by atoms with Gasteiger partial charge in [-0.3, -0.25) is 5.43 Å². The standard InChI is InChI=1S/C16H18N2/c1-12-5-8-16(9-6-12)18-17-11-15-7-4-13(2)10-14(15)3/h4-11,18H,1-3H3/b17-11-. The molecule has 1 N–H and O–H groups in total. The summed E-state index contributed by atoms with van der Waals surface area (Å²) in [5, 5.41) is 4.26. The average molecular weight is 238 g/mol. The zero-order chi connectivity index (χ0) is 13.0. The predicted octanol–water partition coefficient (Wildman–Crippen LogP) is 4.06. The molecule has 0 aliphatic heterocycles. The molecule has 18 heavy (non-hydrogen) atoms. The molecular formula is C16H18N2. The lowest BCUT2D eigenvalue weighted by molar-refractivity contribution is 1.32. The van der Waals surface area contributed by atoms with Gasteiger partial charge in [0.15, 0.2) is 0 Å². The van der Waals surface area contributed by atoms with Gasteiger partial charge in [-0.2, -0.15) is 5.10 Å². The van der Waals surface area contributed by atoms with Gasteiger partial charge in [-0.25, -0.2) is 0 Å². The fraction of sp³-hybridized carbons (Fsp3) is 0.188. The van der Waals surface area contributed by atoms with E-state index in [1.165, 1.54) is 16.7 Å². The number of anilines is 1. The maximum absolute atomic E-state index is 4.26. The monoisotopic (exact) mass is 238 g/mol. The smallest absolute Gasteiger partial charge is 0.0561 e. The van der Waals surface area contributed by atoms with Gasteiger partial charge in [-0.1, -0.05) is 41.5 Å². The number of hydrogen-bond donors (Lipinski definition) is 1. The van der Waals surface area contributed by atoms with Gasteiger partial charge in [0, 0.05) is 0 Å². The molecule has 0 heterocycles. The molecule has 2 rings (SSSR count). The molecule has 2 heteroatoms. The second-order valence-corrected chi connectivity index (χ2v) is 4.60. The third-order valence-electron chi connectivity index (χ3n) is 2.87. The van der Waals surface area contributed by atoms with Gasteiger partial charge in [-0.05, 0) is 44.0 Å². The lowest BCUT2D eigenvalue weighted by Crippen LogP contribution is -1.93. The third kappa shape index (κ3) is 3.20. The topological polar surface area (TPSA) is 24.4 Å². The number of rotatable bonds is 3. The first-order valence-electron chi connectivity index (χ1n) is 6.08. The summed E-state index contributed by atoms with van der Waals surface area (Å²) in [7, 11) is 0. The van der Waals surface area contributed by atoms with Gasteiger partial charge in [0.25, 0.3) is 0 Å². The summed E-state index contributed by atoms with van der Waals surface area (Å²) in [5.41, 5.74) is 8.94. The molecular weight excluding hydrogens is 220 g/mol. The SMILES string of the molecule is Cc1ccc(N/N=C\c2ccc(C)cc2C)cc1. The minimum atomic E-state index is 1.00. The van der Waals surface area contributed by atoms with Crippen molar-refractivity contribution in [1.29, 1.82) is 0 Å². The maximum Gasteiger partial charge on any atom is 0.0561 e. The van der Waals surface area contributed by atoms with Crippen LogP contribution in [0.2, 0.25) is 0 Å². The number of aryl methyl sites for hydroxylation is 3. The highest BCUT2D eigenvalue weighted by molar-refractivity contribution is 5.82. The third-order valence-corrected chi connectivity index (χ3v) is 2.87. The largest absolute Gasteiger partial charge is 0.279 e. The van der Waals surface area contributed by atoms with E-state index in [0.29, 0.717) is 0 Å². The first-order chi connectivity index (χ1) is 8.65. The second-order valence-electron chi connectivity index (χ2n) is 4.60. The Bertz CT molecular complexity index is 554. The number of nitrogens with one attached hydrogen (secondary N) is 1. The van der Waals surface area contributed by atoms with Crippen molar-refractivity contribution in [2.24, 2.45) is 5.10 Å². The van der Waals surface area contributed by atoms with Crippen molar-refractivity contribution < 1.29 is 0 Å². The van der Waals surface area contributed by atoms with E-state index in [0.717, 1.165) is 11.3 Å². The van der Waals surface area contributed by atoms with E-state index >= 15 is 0 Å². The minimum Gasteiger partial charge on any atom is -0.279 e. The van der Waals surface area contributed by atoms with Crippen LogP contribution in [-0.4, -0.2) is 6.21 Å². The Hall–Kier alpha value is -2.09. The van der Waals surface area contributed by atoms with Crippen LogP contribution in [-0.2, 0) is 0 Å². The highest BCUT2D eigenvalue weighted by Gasteiger charge is 1.94. The summed E-state index contributed by atoms with van der Waals surface area (Å²) >= 11 is 0. The van der Waals surface area contributed by atoms with Crippen molar-refractivity contribution >= 4 is 11.9 Å². The summed E-state index contributed by atoms with van der Waals surface area (Å²) in [6.07, 6.45) is 1.86. The minimum absolute atomic E-state index is 1.00. The molecule has 0 aliphatic carbocycles. The van der Waals surface area contributed by atoms with Crippen LogP contribution in [0.3, 0.4) is 0 Å². The van der Waals surface area contributed by atoms with E-state index in [1.807, 2.05) is 18.3 Å². The Balaban J connectivity index is 2.05. The molecule has 2 nitrogen and oxygen atoms in total. The Morgan fingerprint density at radius 1 is 0.889 bits per heavy atom. The highest BCUT2D eigenvalue weighted by Crippen LogP contribution is 2.10. The van der Waals surface area contributed by atoms with Crippen molar-refractivity contribution in [3.8, 4) is 0 Å². The highest BCUT2D eigenvalue weighted by atomic mass is 15.3. The van der Waals surface area contributed by atoms with E-state index in [4.69, 9.17) is 0 Å². The van der Waals surface area contributed by atoms with Crippen LogP contribution < -0.4 is 5.43 Å². The Kier molecular flexibility index (Phi) is 3.78. The zero-order valence-electron chi connectivity index (χ0n) is 11.1. The van der Waals surface area contributed by atoms with Crippen LogP contribution in [0.4, 0.5) is 5.69 Å². The van der Waals surface area contributed by atoms with Gasteiger partial charge >= 0.3 is 0 Å². The molecule has 0 amide bonds. The second kappa shape index (κ2) is 5.50. The fourth-order valence-corrected chi connectivity index (χ4v) is 1.77. The Morgan fingerprint density at radius 2 is 1.56 bits per heavy atom. The first-order valence-corrected chi connectivity index (χ1v) is 6.08. The number of benzene rings is 2. The van der Waals surface area contributed by atoms with E-state index in [2.05, 4.69) is 61.6 Å². The van der Waals surface area contributed by atoms with Crippen molar-refractivity contribution in [3.63, 3.8) is 0 Å². The van der Waals surface area contributed by atoms with Crippen LogP contribution in [0.1, 0.15) is 22.3 Å². The van der Waals surface area contributed by atoms with E-state index in [-0.39, 0.29) is 0 Å². The summed E-state index contributed by atoms with van der Waals surface area (Å²) in [4.78, 5) is 0. The molecule has 0 spiro atoms. The number of nitrogens with zero attached hydrogens (tertiary/aromatic N) is 1. The maximum atomic E-state index is 4.26. The van der Waals surface area contributed by atoms with Crippen LogP contribution in [0.25, 0.3) is 0 Å². The van der Waals surface area contributed by atoms with Crippen LogP contribution in [0.5, 0.6) is 0 Å². The fourth-order valence-electron chi connectivity index (χ4n) is 1.77. The quantitative estimate of drug-likeness (QED) is 0.633. The van der Waals surface area contributed by atoms with Gasteiger partial charge in [0.05, 0.1) is 11.9 Å². The molecule has 0 fully saturated rings. The lowest BCUT2D eigenvalue weighted by atomic mass is 10.1. The van der Waals surface area contributed by atoms with E-state index in [9.17, 15) is 0 Å². The van der Waals surface area contributed by atoms with Crippen molar-refractivity contribution in [3.05, 3.63) is 64.7 Å². The predicted molar refractivity (Wildman–Crippen MR) is 78.3 cm³/mol. The number of hydrazone groups is 1. The van der Waals surface area contributed by atoms with Crippen LogP contribution >= 0.6 is 0 Å². The zero-order valence-corrected chi connectivity index (χ0v) is 11.1. The first kappa shape index (κ1) is 12.4. The van der Waals surface area contributed by atoms with Crippen molar-refractivity contribution in [1.82, 2.24) is 0 Å². The molecule has 0 saturated carbocycles. The van der Waals surface area contributed by atoms with Crippen molar-refractivity contribution in [2.45, 2.75) is 20.8 Å². The van der Waals surface area contributed by atoms with Crippen molar-refractivity contribution in [2.75, 3.05) is 5.43 Å². The normalized spacial score (nSPS) is 10.8. The molecule has 0 radical (unpaired) electrons. The van der Waals surface area contributed by atoms with E-state index in [1.54, 1.807) is 0 Å². The van der Waals surface area contributed by atoms with E-state index < -0.39 is 0 Å². The van der Waals surface area contributed by atoms with Crippen LogP contribution in [0.15, 0.2) is 47.6 Å². The molecule has 0 atom stereocenters. The summed E-state index contributed by atoms with van der Waals surface area (Å²) in [6.45, 7) is 6.27. The Morgan fingerprint density at radius 3 is 2.22 bits per heavy atom. The van der Waals surface area contributed by atoms with Gasteiger partial charge in [0.2, 0.25) is 0 Å². The molecule has 0 saturated heterocycles. The molecule has 0 unspecified atom stereocenters. The molecule has 92 valence electrons. The molecule has 2 aromatic rings. The van der Waals surface area contributed by atoms with Crippen LogP contribution in [0, 0.1) is 20.8 Å². The molecule has 0 aliphatic rings. The lowest BCUT2D eigenvalue weighted by Gasteiger charge is -2.02. The summed E-state index contributed by atoms with van der Waals surface area (Å²) in [6, 6.07) is 14.5. The average Bonchev–Trinajstić information content (AvgIpc) is 2.34. The van der Waals surface area contributed by atoms with Gasteiger partial charge in [0.1, 0.15) is 0 Å². The van der Waals surface area contributed by atoms with Gasteiger partial charge < -0.3 is 0 Å². The Labute approximate surface area is 108 Å². The molecule has 0 bridgehead atoms. The summed E-state index contributed by atoms with van der Waals surface area (Å²) in [5.74, 6) is 0. The molecule has 2 aromatic carbocycles. The summed E-state index contributed by atoms with van der Waals surface area (Å²) < 4.78 is 0. The molecule has 0 aromatic heterocycles. The number of hydrogen-bond acceptors (Lipinski definition) is 2.